The molecule has 2 aliphatic rings. The van der Waals surface area contributed by atoms with E-state index in [1.807, 2.05) is 73.1 Å². The third kappa shape index (κ3) is 6.53. The predicted octanol–water partition coefficient (Wildman–Crippen LogP) is 6.21. The van der Waals surface area contributed by atoms with Gasteiger partial charge in [-0.25, -0.2) is 9.97 Å². The molecule has 280 valence electrons. The van der Waals surface area contributed by atoms with Crippen molar-refractivity contribution in [1.29, 1.82) is 10.5 Å². The maximum Gasteiger partial charge on any atom is 0.179 e. The fourth-order valence-electron chi connectivity index (χ4n) is 8.75. The first-order valence-corrected chi connectivity index (χ1v) is 19.3. The maximum absolute atomic E-state index is 8.98. The number of aromatic nitrogens is 10. The molecule has 8 heterocycles. The summed E-state index contributed by atoms with van der Waals surface area (Å²) in [6, 6.07) is 24.2. The van der Waals surface area contributed by atoms with Crippen molar-refractivity contribution in [3.05, 3.63) is 119 Å². The number of rotatable bonds is 8. The highest BCUT2D eigenvalue weighted by molar-refractivity contribution is 5.75. The molecule has 2 N–H and O–H groups in total. The summed E-state index contributed by atoms with van der Waals surface area (Å²) in [4.78, 5) is 20.2. The van der Waals surface area contributed by atoms with Gasteiger partial charge in [-0.3, -0.25) is 18.6 Å². The summed E-state index contributed by atoms with van der Waals surface area (Å²) in [6.07, 6.45) is 9.57. The van der Waals surface area contributed by atoms with E-state index in [9.17, 15) is 0 Å². The molecule has 2 aliphatic heterocycles. The largest absolute Gasteiger partial charge is 0.345 e. The second kappa shape index (κ2) is 15.0. The highest BCUT2D eigenvalue weighted by Crippen LogP contribution is 2.37. The van der Waals surface area contributed by atoms with Crippen LogP contribution in [0.5, 0.6) is 0 Å². The SMILES string of the molecule is CC[C@@H]1CN(Cc2ccc(C#N)cc2)C[C@@H]1c1nnc2cnc3[nH]ccc3n12.CC[C@H]1CN(Cc2ccc(C#N)cc2)C[C@H]1c1nnc2cnc3[nH]ccc3n12. The van der Waals surface area contributed by atoms with Crippen LogP contribution in [-0.2, 0) is 13.1 Å². The third-order valence-corrected chi connectivity index (χ3v) is 11.7. The minimum Gasteiger partial charge on any atom is -0.345 e. The highest BCUT2D eigenvalue weighted by Gasteiger charge is 2.37. The topological polar surface area (TPSA) is 172 Å². The number of likely N-dealkylation sites (tertiary alicyclic amines) is 2. The van der Waals surface area contributed by atoms with Crippen LogP contribution < -0.4 is 0 Å². The maximum atomic E-state index is 8.98. The molecule has 0 spiro atoms. The van der Waals surface area contributed by atoms with Crippen LogP contribution in [-0.4, -0.2) is 85.1 Å². The monoisotopic (exact) mass is 742 g/mol. The van der Waals surface area contributed by atoms with Crippen molar-refractivity contribution in [3.63, 3.8) is 0 Å². The lowest BCUT2D eigenvalue weighted by Crippen LogP contribution is -2.20. The van der Waals surface area contributed by atoms with E-state index in [0.29, 0.717) is 34.8 Å². The predicted molar refractivity (Wildman–Crippen MR) is 211 cm³/mol. The summed E-state index contributed by atoms with van der Waals surface area (Å²) in [6.45, 7) is 10.3. The van der Waals surface area contributed by atoms with Crippen molar-refractivity contribution in [2.24, 2.45) is 11.8 Å². The number of benzene rings is 2. The average Bonchev–Trinajstić information content (AvgIpc) is 4.09. The molecule has 10 rings (SSSR count). The van der Waals surface area contributed by atoms with Crippen molar-refractivity contribution < 1.29 is 0 Å². The summed E-state index contributed by atoms with van der Waals surface area (Å²) >= 11 is 0. The van der Waals surface area contributed by atoms with Gasteiger partial charge in [0, 0.05) is 63.5 Å². The molecule has 14 nitrogen and oxygen atoms in total. The lowest BCUT2D eigenvalue weighted by Gasteiger charge is -2.15. The van der Waals surface area contributed by atoms with Gasteiger partial charge in [-0.1, -0.05) is 51.0 Å². The van der Waals surface area contributed by atoms with Crippen LogP contribution in [0.4, 0.5) is 0 Å². The first kappa shape index (κ1) is 35.2. The van der Waals surface area contributed by atoms with Gasteiger partial charge in [-0.15, -0.1) is 20.4 Å². The highest BCUT2D eigenvalue weighted by atomic mass is 15.3. The molecule has 0 bridgehead atoms. The summed E-state index contributed by atoms with van der Waals surface area (Å²) in [5.41, 5.74) is 9.22. The standard InChI is InChI=1S/2C21H21N7/c2*1-2-16-12-27(11-15-5-3-14(9-22)4-6-15)13-17(16)21-26-25-19-10-24-20-18(28(19)21)7-8-23-20/h2*3-8,10,16-17,23H,2,11-13H2,1H3/t2*16-,17+/m10/s1. The number of H-pyrrole nitrogens is 2. The van der Waals surface area contributed by atoms with Crippen LogP contribution in [0.2, 0.25) is 0 Å². The molecule has 2 aromatic carbocycles. The number of fused-ring (bicyclic) bond motifs is 6. The Hall–Kier alpha value is -6.48. The lowest BCUT2D eigenvalue weighted by molar-refractivity contribution is 0.314. The van der Waals surface area contributed by atoms with Crippen molar-refractivity contribution in [2.45, 2.75) is 51.6 Å². The fourth-order valence-corrected chi connectivity index (χ4v) is 8.75. The van der Waals surface area contributed by atoms with Gasteiger partial charge < -0.3 is 9.97 Å². The lowest BCUT2D eigenvalue weighted by atomic mass is 9.93. The minimum atomic E-state index is 0.332. The summed E-state index contributed by atoms with van der Waals surface area (Å²) < 4.78 is 4.30. The molecular formula is C42H42N14. The fraction of sp³-hybridized carbons (Fsp3) is 0.333. The van der Waals surface area contributed by atoms with E-state index in [0.717, 1.165) is 97.4 Å². The van der Waals surface area contributed by atoms with E-state index in [1.54, 1.807) is 12.4 Å². The number of nitrogens with one attached hydrogen (secondary N) is 2. The molecule has 2 fully saturated rings. The van der Waals surface area contributed by atoms with E-state index in [2.05, 4.69) is 84.9 Å². The van der Waals surface area contributed by atoms with Crippen molar-refractivity contribution in [2.75, 3.05) is 26.2 Å². The zero-order valence-corrected chi connectivity index (χ0v) is 31.4. The number of hydrogen-bond donors (Lipinski definition) is 2. The Labute approximate surface area is 323 Å². The average molecular weight is 743 g/mol. The Balaban J connectivity index is 0.000000146. The molecule has 14 heteroatoms. The molecule has 2 saturated heterocycles. The van der Waals surface area contributed by atoms with Gasteiger partial charge in [0.25, 0.3) is 0 Å². The Morgan fingerprint density at radius 1 is 0.589 bits per heavy atom. The van der Waals surface area contributed by atoms with Crippen LogP contribution in [0.15, 0.2) is 85.5 Å². The second-order valence-corrected chi connectivity index (χ2v) is 15.0. The van der Waals surface area contributed by atoms with Crippen molar-refractivity contribution in [1.82, 2.24) is 58.9 Å². The van der Waals surface area contributed by atoms with Gasteiger partial charge in [0.1, 0.15) is 11.6 Å². The summed E-state index contributed by atoms with van der Waals surface area (Å²) in [5, 5.41) is 35.9. The zero-order chi connectivity index (χ0) is 38.2. The van der Waals surface area contributed by atoms with Crippen LogP contribution in [0.1, 0.15) is 72.4 Å². The van der Waals surface area contributed by atoms with Crippen molar-refractivity contribution in [3.8, 4) is 12.1 Å². The van der Waals surface area contributed by atoms with E-state index in [1.165, 1.54) is 11.1 Å². The summed E-state index contributed by atoms with van der Waals surface area (Å²) in [7, 11) is 0. The van der Waals surface area contributed by atoms with Gasteiger partial charge in [0.2, 0.25) is 0 Å². The van der Waals surface area contributed by atoms with E-state index in [4.69, 9.17) is 10.5 Å². The second-order valence-electron chi connectivity index (χ2n) is 15.0. The van der Waals surface area contributed by atoms with Crippen molar-refractivity contribution >= 4 is 33.6 Å². The molecule has 8 aromatic rings. The normalized spacial score (nSPS) is 20.1. The Kier molecular flexibility index (Phi) is 9.43. The van der Waals surface area contributed by atoms with Crippen LogP contribution in [0.25, 0.3) is 33.6 Å². The Morgan fingerprint density at radius 3 is 1.41 bits per heavy atom. The number of nitrogens with zero attached hydrogens (tertiary/aromatic N) is 12. The first-order valence-electron chi connectivity index (χ1n) is 19.3. The van der Waals surface area contributed by atoms with E-state index in [-0.39, 0.29) is 0 Å². The van der Waals surface area contributed by atoms with Gasteiger partial charge in [-0.05, 0) is 59.4 Å². The van der Waals surface area contributed by atoms with Crippen LogP contribution in [0, 0.1) is 34.5 Å². The smallest absolute Gasteiger partial charge is 0.179 e. The number of nitriles is 2. The van der Waals surface area contributed by atoms with Gasteiger partial charge in [0.05, 0.1) is 46.7 Å². The van der Waals surface area contributed by atoms with Gasteiger partial charge in [0.15, 0.2) is 22.6 Å². The van der Waals surface area contributed by atoms with Gasteiger partial charge >= 0.3 is 0 Å². The van der Waals surface area contributed by atoms with Crippen LogP contribution in [0.3, 0.4) is 0 Å². The molecular weight excluding hydrogens is 701 g/mol. The molecule has 0 unspecified atom stereocenters. The number of hydrogen-bond acceptors (Lipinski definition) is 10. The zero-order valence-electron chi connectivity index (χ0n) is 31.4. The van der Waals surface area contributed by atoms with Gasteiger partial charge in [-0.2, -0.15) is 10.5 Å². The first-order chi connectivity index (χ1) is 27.5. The Bertz CT molecular complexity index is 2520. The number of aromatic amines is 2. The molecule has 0 aliphatic carbocycles. The molecule has 0 saturated carbocycles. The molecule has 56 heavy (non-hydrogen) atoms. The molecule has 0 radical (unpaired) electrons. The quantitative estimate of drug-likeness (QED) is 0.183. The summed E-state index contributed by atoms with van der Waals surface area (Å²) in [5.74, 6) is 3.78. The van der Waals surface area contributed by atoms with E-state index < -0.39 is 0 Å². The minimum absolute atomic E-state index is 0.332. The van der Waals surface area contributed by atoms with Crippen LogP contribution >= 0.6 is 0 Å². The molecule has 6 aromatic heterocycles. The Morgan fingerprint density at radius 2 is 1.02 bits per heavy atom. The molecule has 0 amide bonds. The third-order valence-electron chi connectivity index (χ3n) is 11.7. The van der Waals surface area contributed by atoms with E-state index >= 15 is 0 Å². The molecule has 4 atom stereocenters.